The van der Waals surface area contributed by atoms with E-state index in [0.717, 1.165) is 24.9 Å². The smallest absolute Gasteiger partial charge is 0.321 e. The summed E-state index contributed by atoms with van der Waals surface area (Å²) in [5.74, 6) is 0.188. The first kappa shape index (κ1) is 19.2. The second kappa shape index (κ2) is 8.44. The summed E-state index contributed by atoms with van der Waals surface area (Å²) in [6.45, 7) is 1.33. The van der Waals surface area contributed by atoms with Crippen LogP contribution in [-0.2, 0) is 5.41 Å². The quantitative estimate of drug-likeness (QED) is 0.519. The maximum atomic E-state index is 12.8. The van der Waals surface area contributed by atoms with Crippen molar-refractivity contribution in [2.24, 2.45) is 5.73 Å². The van der Waals surface area contributed by atoms with E-state index in [4.69, 9.17) is 22.7 Å². The molecule has 1 heterocycles. The third-order valence-corrected chi connectivity index (χ3v) is 5.47. The molecule has 1 fully saturated rings. The van der Waals surface area contributed by atoms with Crippen LogP contribution in [0.3, 0.4) is 0 Å². The van der Waals surface area contributed by atoms with E-state index in [1.54, 1.807) is 24.3 Å². The van der Waals surface area contributed by atoms with Crippen LogP contribution in [0.1, 0.15) is 31.2 Å². The van der Waals surface area contributed by atoms with Crippen molar-refractivity contribution in [1.29, 1.82) is 5.41 Å². The van der Waals surface area contributed by atoms with Gasteiger partial charge in [-0.25, -0.2) is 4.79 Å². The normalized spacial score (nSPS) is 19.5. The number of nitrogens with two attached hydrogens (primary N) is 1. The first-order chi connectivity index (χ1) is 13.0. The van der Waals surface area contributed by atoms with Crippen molar-refractivity contribution < 1.29 is 4.79 Å². The van der Waals surface area contributed by atoms with Crippen LogP contribution in [0.5, 0.6) is 0 Å². The number of amidine groups is 1. The van der Waals surface area contributed by atoms with Crippen LogP contribution in [0, 0.1) is 5.41 Å². The lowest BCUT2D eigenvalue weighted by molar-refractivity contribution is 0.155. The third kappa shape index (κ3) is 4.80. The maximum Gasteiger partial charge on any atom is 0.321 e. The van der Waals surface area contributed by atoms with Crippen molar-refractivity contribution in [2.75, 3.05) is 18.4 Å². The van der Waals surface area contributed by atoms with Gasteiger partial charge in [0.05, 0.1) is 5.84 Å². The van der Waals surface area contributed by atoms with Crippen LogP contribution in [0.15, 0.2) is 54.6 Å². The summed E-state index contributed by atoms with van der Waals surface area (Å²) in [6, 6.07) is 17.3. The second-order valence-corrected chi connectivity index (χ2v) is 7.57. The maximum absolute atomic E-state index is 12.8. The average molecular weight is 385 g/mol. The lowest BCUT2D eigenvalue weighted by Gasteiger charge is -2.43. The zero-order chi connectivity index (χ0) is 19.3. The molecule has 2 amide bonds. The molecule has 3 rings (SSSR count). The largest absolute Gasteiger partial charge is 0.388 e. The lowest BCUT2D eigenvalue weighted by Crippen LogP contribution is -2.50. The van der Waals surface area contributed by atoms with Crippen LogP contribution >= 0.6 is 11.6 Å². The van der Waals surface area contributed by atoms with Gasteiger partial charge in [-0.1, -0.05) is 41.9 Å². The molecular weight excluding hydrogens is 360 g/mol. The molecule has 6 heteroatoms. The summed E-state index contributed by atoms with van der Waals surface area (Å²) >= 11 is 5.91. The Hall–Kier alpha value is -2.53. The molecule has 1 aliphatic heterocycles. The molecule has 142 valence electrons. The molecule has 1 atom stereocenters. The van der Waals surface area contributed by atoms with Crippen molar-refractivity contribution in [1.82, 2.24) is 4.90 Å². The zero-order valence-electron chi connectivity index (χ0n) is 15.2. The Morgan fingerprint density at radius 1 is 1.19 bits per heavy atom. The minimum atomic E-state index is -0.178. The standard InChI is InChI=1S/C21H25ClN4O/c22-17-7-9-18(10-8-17)25-20(27)26-14-4-12-21(15-26,13-11-19(23)24)16-5-2-1-3-6-16/h1-3,5-10H,4,11-15H2,(H3,23,24)(H,25,27). The predicted octanol–water partition coefficient (Wildman–Crippen LogP) is 4.62. The molecule has 4 N–H and O–H groups in total. The minimum Gasteiger partial charge on any atom is -0.388 e. The highest BCUT2D eigenvalue weighted by atomic mass is 35.5. The molecule has 1 unspecified atom stereocenters. The number of carbonyl (C=O) groups is 1. The molecule has 1 aliphatic rings. The third-order valence-electron chi connectivity index (χ3n) is 5.22. The van der Waals surface area contributed by atoms with Crippen LogP contribution in [0.4, 0.5) is 10.5 Å². The molecule has 1 saturated heterocycles. The van der Waals surface area contributed by atoms with Gasteiger partial charge in [0.25, 0.3) is 0 Å². The molecular formula is C21H25ClN4O. The Morgan fingerprint density at radius 3 is 2.56 bits per heavy atom. The molecule has 0 aromatic heterocycles. The second-order valence-electron chi connectivity index (χ2n) is 7.13. The van der Waals surface area contributed by atoms with Gasteiger partial charge in [-0.2, -0.15) is 0 Å². The van der Waals surface area contributed by atoms with E-state index in [2.05, 4.69) is 17.4 Å². The molecule has 0 saturated carbocycles. The fourth-order valence-electron chi connectivity index (χ4n) is 3.79. The van der Waals surface area contributed by atoms with E-state index in [1.807, 2.05) is 23.1 Å². The highest BCUT2D eigenvalue weighted by molar-refractivity contribution is 6.30. The van der Waals surface area contributed by atoms with Crippen molar-refractivity contribution in [2.45, 2.75) is 31.1 Å². The van der Waals surface area contributed by atoms with Gasteiger partial charge < -0.3 is 16.0 Å². The Labute approximate surface area is 165 Å². The first-order valence-electron chi connectivity index (χ1n) is 9.18. The van der Waals surface area contributed by atoms with Crippen LogP contribution in [-0.4, -0.2) is 29.9 Å². The first-order valence-corrected chi connectivity index (χ1v) is 9.56. The number of hydrogen-bond acceptors (Lipinski definition) is 2. The zero-order valence-corrected chi connectivity index (χ0v) is 16.0. The number of nitrogens with zero attached hydrogens (tertiary/aromatic N) is 1. The fourth-order valence-corrected chi connectivity index (χ4v) is 3.92. The van der Waals surface area contributed by atoms with Crippen LogP contribution in [0.25, 0.3) is 0 Å². The summed E-state index contributed by atoms with van der Waals surface area (Å²) in [7, 11) is 0. The summed E-state index contributed by atoms with van der Waals surface area (Å²) < 4.78 is 0. The number of carbonyl (C=O) groups excluding carboxylic acids is 1. The number of urea groups is 1. The molecule has 5 nitrogen and oxygen atoms in total. The number of halogens is 1. The molecule has 0 bridgehead atoms. The number of anilines is 1. The van der Waals surface area contributed by atoms with Gasteiger partial charge in [-0.3, -0.25) is 5.41 Å². The topological polar surface area (TPSA) is 82.2 Å². The Kier molecular flexibility index (Phi) is 6.01. The van der Waals surface area contributed by atoms with E-state index in [0.29, 0.717) is 24.5 Å². The van der Waals surface area contributed by atoms with E-state index < -0.39 is 0 Å². The van der Waals surface area contributed by atoms with Crippen molar-refractivity contribution in [3.8, 4) is 0 Å². The highest BCUT2D eigenvalue weighted by Gasteiger charge is 2.38. The molecule has 27 heavy (non-hydrogen) atoms. The Balaban J connectivity index is 1.78. The summed E-state index contributed by atoms with van der Waals surface area (Å²) in [4.78, 5) is 14.7. The van der Waals surface area contributed by atoms with Gasteiger partial charge in [0.1, 0.15) is 0 Å². The summed E-state index contributed by atoms with van der Waals surface area (Å²) in [5.41, 5.74) is 7.39. The molecule has 0 spiro atoms. The number of benzene rings is 2. The predicted molar refractivity (Wildman–Crippen MR) is 111 cm³/mol. The van der Waals surface area contributed by atoms with E-state index >= 15 is 0 Å². The molecule has 0 radical (unpaired) electrons. The SMILES string of the molecule is N=C(N)CCC1(c2ccccc2)CCCN(C(=O)Nc2ccc(Cl)cc2)C1. The average Bonchev–Trinajstić information content (AvgIpc) is 2.69. The summed E-state index contributed by atoms with van der Waals surface area (Å²) in [6.07, 6.45) is 3.19. The fraction of sp³-hybridized carbons (Fsp3) is 0.333. The number of nitrogens with one attached hydrogen (secondary N) is 2. The van der Waals surface area contributed by atoms with E-state index in [9.17, 15) is 4.79 Å². The number of hydrogen-bond donors (Lipinski definition) is 3. The lowest BCUT2D eigenvalue weighted by atomic mass is 9.71. The number of piperidine rings is 1. The number of likely N-dealkylation sites (tertiary alicyclic amines) is 1. The minimum absolute atomic E-state index is 0.111. The number of amides is 2. The summed E-state index contributed by atoms with van der Waals surface area (Å²) in [5, 5.41) is 11.2. The molecule has 0 aliphatic carbocycles. The van der Waals surface area contributed by atoms with Gasteiger partial charge in [-0.15, -0.1) is 0 Å². The Morgan fingerprint density at radius 2 is 1.89 bits per heavy atom. The molecule has 2 aromatic carbocycles. The van der Waals surface area contributed by atoms with E-state index in [-0.39, 0.29) is 17.3 Å². The molecule has 2 aromatic rings. The van der Waals surface area contributed by atoms with Gasteiger partial charge >= 0.3 is 6.03 Å². The van der Waals surface area contributed by atoms with Crippen LogP contribution in [0.2, 0.25) is 5.02 Å². The van der Waals surface area contributed by atoms with Crippen molar-refractivity contribution in [3.05, 3.63) is 65.2 Å². The van der Waals surface area contributed by atoms with Gasteiger partial charge in [0.15, 0.2) is 0 Å². The van der Waals surface area contributed by atoms with E-state index in [1.165, 1.54) is 5.56 Å². The number of rotatable bonds is 5. The van der Waals surface area contributed by atoms with Crippen molar-refractivity contribution >= 4 is 29.2 Å². The Bertz CT molecular complexity index is 794. The van der Waals surface area contributed by atoms with Gasteiger partial charge in [-0.05, 0) is 49.1 Å². The highest BCUT2D eigenvalue weighted by Crippen LogP contribution is 2.38. The van der Waals surface area contributed by atoms with Gasteiger partial charge in [0.2, 0.25) is 0 Å². The van der Waals surface area contributed by atoms with Crippen molar-refractivity contribution in [3.63, 3.8) is 0 Å². The monoisotopic (exact) mass is 384 g/mol. The van der Waals surface area contributed by atoms with Gasteiger partial charge in [0, 0.05) is 35.6 Å². The van der Waals surface area contributed by atoms with Crippen LogP contribution < -0.4 is 11.1 Å².